The van der Waals surface area contributed by atoms with Gasteiger partial charge in [-0.3, -0.25) is 0 Å². The van der Waals surface area contributed by atoms with Gasteiger partial charge in [0.1, 0.15) is 12.2 Å². The molecule has 2 saturated heterocycles. The van der Waals surface area contributed by atoms with Gasteiger partial charge in [0, 0.05) is 26.2 Å². The van der Waals surface area contributed by atoms with E-state index in [0.29, 0.717) is 0 Å². The van der Waals surface area contributed by atoms with E-state index in [9.17, 15) is 9.59 Å². The molecule has 0 radical (unpaired) electrons. The van der Waals surface area contributed by atoms with E-state index in [2.05, 4.69) is 0 Å². The van der Waals surface area contributed by atoms with Crippen LogP contribution < -0.4 is 0 Å². The van der Waals surface area contributed by atoms with Crippen LogP contribution in [0.2, 0.25) is 0 Å². The third-order valence-corrected chi connectivity index (χ3v) is 4.84. The molecule has 0 aromatic heterocycles. The van der Waals surface area contributed by atoms with Gasteiger partial charge in [0.15, 0.2) is 0 Å². The molecular formula is C18H32N2O4. The maximum atomic E-state index is 12.4. The van der Waals surface area contributed by atoms with Crippen LogP contribution in [0.15, 0.2) is 0 Å². The zero-order chi connectivity index (χ0) is 17.7. The summed E-state index contributed by atoms with van der Waals surface area (Å²) in [6.07, 6.45) is 2.69. The number of ether oxygens (including phenoxy) is 2. The highest BCUT2D eigenvalue weighted by Crippen LogP contribution is 2.24. The minimum Gasteiger partial charge on any atom is -0.442 e. The van der Waals surface area contributed by atoms with Crippen molar-refractivity contribution in [2.45, 2.75) is 65.6 Å². The SMILES string of the molecule is CC(C)C(OC(=O)N1CCCC1)C(OC(=O)N1CCCC1)C(C)C. The number of carbonyl (C=O) groups is 2. The second kappa shape index (κ2) is 8.58. The minimum absolute atomic E-state index is 0.0790. The maximum Gasteiger partial charge on any atom is 0.410 e. The quantitative estimate of drug-likeness (QED) is 0.768. The second-order valence-corrected chi connectivity index (χ2v) is 7.57. The number of rotatable bonds is 5. The molecule has 0 spiro atoms. The van der Waals surface area contributed by atoms with E-state index in [1.807, 2.05) is 27.7 Å². The van der Waals surface area contributed by atoms with Gasteiger partial charge >= 0.3 is 12.2 Å². The fourth-order valence-electron chi connectivity index (χ4n) is 3.35. The van der Waals surface area contributed by atoms with E-state index < -0.39 is 12.2 Å². The summed E-state index contributed by atoms with van der Waals surface area (Å²) in [5, 5.41) is 0. The molecule has 2 atom stereocenters. The standard InChI is InChI=1S/C18H32N2O4/c1-13(2)15(23-17(21)19-9-5-6-10-19)16(14(3)4)24-18(22)20-11-7-8-12-20/h13-16H,5-12H2,1-4H3. The smallest absolute Gasteiger partial charge is 0.410 e. The van der Waals surface area contributed by atoms with Gasteiger partial charge in [-0.25, -0.2) is 9.59 Å². The molecule has 0 aliphatic carbocycles. The van der Waals surface area contributed by atoms with Crippen molar-refractivity contribution in [2.24, 2.45) is 11.8 Å². The van der Waals surface area contributed by atoms with E-state index in [1.165, 1.54) is 0 Å². The molecule has 0 aromatic carbocycles. The Balaban J connectivity index is 2.02. The van der Waals surface area contributed by atoms with E-state index in [1.54, 1.807) is 9.80 Å². The third-order valence-electron chi connectivity index (χ3n) is 4.84. The number of hydrogen-bond donors (Lipinski definition) is 0. The van der Waals surface area contributed by atoms with Crippen molar-refractivity contribution in [2.75, 3.05) is 26.2 Å². The zero-order valence-corrected chi connectivity index (χ0v) is 15.5. The summed E-state index contributed by atoms with van der Waals surface area (Å²) >= 11 is 0. The van der Waals surface area contributed by atoms with Gasteiger partial charge in [-0.15, -0.1) is 0 Å². The molecule has 2 heterocycles. The molecule has 2 aliphatic heterocycles. The van der Waals surface area contributed by atoms with Crippen molar-refractivity contribution in [3.8, 4) is 0 Å². The Morgan fingerprint density at radius 3 is 1.21 bits per heavy atom. The van der Waals surface area contributed by atoms with Crippen molar-refractivity contribution in [3.63, 3.8) is 0 Å². The van der Waals surface area contributed by atoms with E-state index in [0.717, 1.165) is 51.9 Å². The summed E-state index contributed by atoms with van der Waals surface area (Å²) in [6.45, 7) is 11.0. The Morgan fingerprint density at radius 2 is 0.958 bits per heavy atom. The number of likely N-dealkylation sites (tertiary alicyclic amines) is 2. The topological polar surface area (TPSA) is 59.1 Å². The molecule has 24 heavy (non-hydrogen) atoms. The lowest BCUT2D eigenvalue weighted by Gasteiger charge is -2.34. The molecule has 138 valence electrons. The van der Waals surface area contributed by atoms with Crippen LogP contribution in [-0.4, -0.2) is 60.4 Å². The first-order valence-corrected chi connectivity index (χ1v) is 9.31. The predicted octanol–water partition coefficient (Wildman–Crippen LogP) is 3.50. The molecule has 2 fully saturated rings. The summed E-state index contributed by atoms with van der Waals surface area (Å²) in [4.78, 5) is 28.3. The fraction of sp³-hybridized carbons (Fsp3) is 0.889. The monoisotopic (exact) mass is 340 g/mol. The lowest BCUT2D eigenvalue weighted by Crippen LogP contribution is -2.46. The summed E-state index contributed by atoms with van der Waals surface area (Å²) in [5.74, 6) is 0.158. The highest BCUT2D eigenvalue weighted by molar-refractivity contribution is 5.69. The van der Waals surface area contributed by atoms with Crippen LogP contribution in [0, 0.1) is 11.8 Å². The van der Waals surface area contributed by atoms with Gasteiger partial charge in [-0.2, -0.15) is 0 Å². The average Bonchev–Trinajstić information content (AvgIpc) is 3.22. The second-order valence-electron chi connectivity index (χ2n) is 7.57. The Labute approximate surface area is 145 Å². The molecule has 2 aliphatic rings. The molecule has 0 saturated carbocycles. The predicted molar refractivity (Wildman–Crippen MR) is 91.8 cm³/mol. The molecule has 2 rings (SSSR count). The Morgan fingerprint density at radius 1 is 0.667 bits per heavy atom. The maximum absolute atomic E-state index is 12.4. The molecule has 0 aromatic rings. The van der Waals surface area contributed by atoms with Crippen LogP contribution in [0.3, 0.4) is 0 Å². The third kappa shape index (κ3) is 4.77. The highest BCUT2D eigenvalue weighted by Gasteiger charge is 2.36. The van der Waals surface area contributed by atoms with Crippen LogP contribution in [0.5, 0.6) is 0 Å². The summed E-state index contributed by atoms with van der Waals surface area (Å²) in [7, 11) is 0. The summed E-state index contributed by atoms with van der Waals surface area (Å²) in [6, 6.07) is 0. The van der Waals surface area contributed by atoms with Crippen LogP contribution >= 0.6 is 0 Å². The van der Waals surface area contributed by atoms with E-state index in [-0.39, 0.29) is 24.0 Å². The Kier molecular flexibility index (Phi) is 6.75. The van der Waals surface area contributed by atoms with Gasteiger partial charge in [-0.05, 0) is 37.5 Å². The first-order valence-electron chi connectivity index (χ1n) is 9.31. The number of carbonyl (C=O) groups excluding carboxylic acids is 2. The van der Waals surface area contributed by atoms with Gasteiger partial charge in [-0.1, -0.05) is 27.7 Å². The number of amides is 2. The molecule has 2 amide bonds. The van der Waals surface area contributed by atoms with E-state index in [4.69, 9.17) is 9.47 Å². The normalized spacial score (nSPS) is 20.6. The van der Waals surface area contributed by atoms with E-state index >= 15 is 0 Å². The van der Waals surface area contributed by atoms with Crippen LogP contribution in [-0.2, 0) is 9.47 Å². The molecule has 6 nitrogen and oxygen atoms in total. The van der Waals surface area contributed by atoms with Crippen molar-refractivity contribution in [1.29, 1.82) is 0 Å². The van der Waals surface area contributed by atoms with Crippen LogP contribution in [0.25, 0.3) is 0 Å². The first kappa shape index (κ1) is 18.9. The van der Waals surface area contributed by atoms with Gasteiger partial charge in [0.05, 0.1) is 0 Å². The highest BCUT2D eigenvalue weighted by atomic mass is 16.6. The van der Waals surface area contributed by atoms with Crippen molar-refractivity contribution < 1.29 is 19.1 Å². The molecule has 0 bridgehead atoms. The largest absolute Gasteiger partial charge is 0.442 e. The first-order chi connectivity index (χ1) is 11.4. The number of hydrogen-bond acceptors (Lipinski definition) is 4. The molecule has 2 unspecified atom stereocenters. The number of nitrogens with zero attached hydrogens (tertiary/aromatic N) is 2. The summed E-state index contributed by atoms with van der Waals surface area (Å²) < 4.78 is 11.5. The zero-order valence-electron chi connectivity index (χ0n) is 15.5. The Hall–Kier alpha value is -1.46. The van der Waals surface area contributed by atoms with Crippen molar-refractivity contribution in [1.82, 2.24) is 9.80 Å². The van der Waals surface area contributed by atoms with Crippen molar-refractivity contribution >= 4 is 12.2 Å². The summed E-state index contributed by atoms with van der Waals surface area (Å²) in [5.41, 5.74) is 0. The van der Waals surface area contributed by atoms with Gasteiger partial charge in [0.25, 0.3) is 0 Å². The molecular weight excluding hydrogens is 308 g/mol. The van der Waals surface area contributed by atoms with Gasteiger partial charge < -0.3 is 19.3 Å². The van der Waals surface area contributed by atoms with Crippen LogP contribution in [0.1, 0.15) is 53.4 Å². The average molecular weight is 340 g/mol. The van der Waals surface area contributed by atoms with Crippen molar-refractivity contribution in [3.05, 3.63) is 0 Å². The molecule has 0 N–H and O–H groups in total. The minimum atomic E-state index is -0.426. The Bertz CT molecular complexity index is 387. The van der Waals surface area contributed by atoms with Crippen LogP contribution in [0.4, 0.5) is 9.59 Å². The fourth-order valence-corrected chi connectivity index (χ4v) is 3.35. The lowest BCUT2D eigenvalue weighted by molar-refractivity contribution is -0.0635. The molecule has 6 heteroatoms. The van der Waals surface area contributed by atoms with Gasteiger partial charge in [0.2, 0.25) is 0 Å². The lowest BCUT2D eigenvalue weighted by atomic mass is 9.93.